The Bertz CT molecular complexity index is 797. The van der Waals surface area contributed by atoms with E-state index in [2.05, 4.69) is 19.2 Å². The van der Waals surface area contributed by atoms with Crippen LogP contribution in [-0.4, -0.2) is 32.3 Å². The molecular formula is C22H27NO4. The van der Waals surface area contributed by atoms with Gasteiger partial charge in [0.2, 0.25) is 0 Å². The van der Waals surface area contributed by atoms with Crippen molar-refractivity contribution in [1.29, 1.82) is 0 Å². The van der Waals surface area contributed by atoms with Gasteiger partial charge >= 0.3 is 0 Å². The van der Waals surface area contributed by atoms with E-state index in [1.54, 1.807) is 19.2 Å². The summed E-state index contributed by atoms with van der Waals surface area (Å²) in [6.45, 7) is 5.78. The highest BCUT2D eigenvalue weighted by atomic mass is 16.5. The van der Waals surface area contributed by atoms with Gasteiger partial charge in [-0.25, -0.2) is 0 Å². The van der Waals surface area contributed by atoms with E-state index in [1.807, 2.05) is 24.3 Å². The third-order valence-corrected chi connectivity index (χ3v) is 4.93. The predicted molar refractivity (Wildman–Crippen MR) is 105 cm³/mol. The van der Waals surface area contributed by atoms with Crippen molar-refractivity contribution in [3.05, 3.63) is 58.7 Å². The molecule has 5 nitrogen and oxygen atoms in total. The van der Waals surface area contributed by atoms with Crippen LogP contribution in [0, 0.1) is 13.8 Å². The van der Waals surface area contributed by atoms with Gasteiger partial charge in [-0.3, -0.25) is 4.79 Å². The molecule has 2 aromatic carbocycles. The summed E-state index contributed by atoms with van der Waals surface area (Å²) in [4.78, 5) is 12.5. The van der Waals surface area contributed by atoms with Crippen LogP contribution >= 0.6 is 0 Å². The van der Waals surface area contributed by atoms with E-state index < -0.39 is 0 Å². The molecule has 2 aromatic rings. The molecule has 0 saturated carbocycles. The second-order valence-electron chi connectivity index (χ2n) is 6.91. The van der Waals surface area contributed by atoms with Crippen molar-refractivity contribution in [3.8, 4) is 11.5 Å². The lowest BCUT2D eigenvalue weighted by Crippen LogP contribution is -2.31. The molecule has 1 N–H and O–H groups in total. The normalized spacial score (nSPS) is 16.2. The number of hydrogen-bond donors (Lipinski definition) is 1. The first-order chi connectivity index (χ1) is 13.1. The number of hydrogen-bond acceptors (Lipinski definition) is 4. The van der Waals surface area contributed by atoms with E-state index >= 15 is 0 Å². The second-order valence-corrected chi connectivity index (χ2v) is 6.91. The van der Waals surface area contributed by atoms with Gasteiger partial charge in [0.1, 0.15) is 18.1 Å². The van der Waals surface area contributed by atoms with Crippen LogP contribution in [-0.2, 0) is 11.3 Å². The smallest absolute Gasteiger partial charge is 0.251 e. The van der Waals surface area contributed by atoms with Gasteiger partial charge in [0.05, 0.1) is 13.2 Å². The number of carbonyl (C=O) groups is 1. The van der Waals surface area contributed by atoms with Crippen molar-refractivity contribution >= 4 is 5.91 Å². The zero-order valence-corrected chi connectivity index (χ0v) is 16.2. The third-order valence-electron chi connectivity index (χ3n) is 4.93. The number of rotatable bonds is 7. The highest BCUT2D eigenvalue weighted by Crippen LogP contribution is 2.23. The summed E-state index contributed by atoms with van der Waals surface area (Å²) < 4.78 is 16.9. The minimum atomic E-state index is -0.111. The van der Waals surface area contributed by atoms with E-state index in [0.717, 1.165) is 30.8 Å². The Morgan fingerprint density at radius 2 is 2.04 bits per heavy atom. The number of nitrogens with one attached hydrogen (secondary N) is 1. The van der Waals surface area contributed by atoms with Gasteiger partial charge < -0.3 is 19.5 Å². The van der Waals surface area contributed by atoms with Crippen LogP contribution in [0.5, 0.6) is 11.5 Å². The first-order valence-electron chi connectivity index (χ1n) is 9.33. The zero-order valence-electron chi connectivity index (χ0n) is 16.2. The van der Waals surface area contributed by atoms with Gasteiger partial charge in [-0.05, 0) is 68.1 Å². The van der Waals surface area contributed by atoms with E-state index in [0.29, 0.717) is 24.5 Å². The Morgan fingerprint density at radius 3 is 2.74 bits per heavy atom. The summed E-state index contributed by atoms with van der Waals surface area (Å²) in [5.74, 6) is 1.39. The number of ether oxygens (including phenoxy) is 3. The van der Waals surface area contributed by atoms with Crippen LogP contribution in [0.2, 0.25) is 0 Å². The predicted octanol–water partition coefficient (Wildman–Crippen LogP) is 3.80. The molecule has 0 bridgehead atoms. The molecule has 1 fully saturated rings. The third kappa shape index (κ3) is 5.01. The van der Waals surface area contributed by atoms with Gasteiger partial charge in [-0.2, -0.15) is 0 Å². The fourth-order valence-corrected chi connectivity index (χ4v) is 3.11. The van der Waals surface area contributed by atoms with Crippen LogP contribution in [0.3, 0.4) is 0 Å². The molecule has 0 spiro atoms. The van der Waals surface area contributed by atoms with Crippen LogP contribution in [0.1, 0.15) is 39.9 Å². The first-order valence-corrected chi connectivity index (χ1v) is 9.33. The van der Waals surface area contributed by atoms with Gasteiger partial charge in [0.15, 0.2) is 0 Å². The van der Waals surface area contributed by atoms with Gasteiger partial charge in [0.25, 0.3) is 5.91 Å². The molecule has 1 amide bonds. The average molecular weight is 369 g/mol. The summed E-state index contributed by atoms with van der Waals surface area (Å²) >= 11 is 0. The molecule has 0 unspecified atom stereocenters. The standard InChI is InChI=1S/C22H27NO4/c1-15-6-8-19(11-16(15)2)27-14-18-12-17(7-9-21(18)25-3)22(24)23-13-20-5-4-10-26-20/h6-9,11-12,20H,4-5,10,13-14H2,1-3H3,(H,23,24)/t20-/m1/s1. The van der Waals surface area contributed by atoms with Crippen LogP contribution in [0.4, 0.5) is 0 Å². The molecule has 0 aromatic heterocycles. The van der Waals surface area contributed by atoms with Crippen molar-refractivity contribution in [1.82, 2.24) is 5.32 Å². The fourth-order valence-electron chi connectivity index (χ4n) is 3.11. The van der Waals surface area contributed by atoms with E-state index in [4.69, 9.17) is 14.2 Å². The summed E-state index contributed by atoms with van der Waals surface area (Å²) in [7, 11) is 1.62. The molecule has 3 rings (SSSR count). The minimum Gasteiger partial charge on any atom is -0.496 e. The second kappa shape index (κ2) is 8.91. The molecule has 1 heterocycles. The molecule has 1 aliphatic heterocycles. The molecule has 0 radical (unpaired) electrons. The molecular weight excluding hydrogens is 342 g/mol. The van der Waals surface area contributed by atoms with Crippen molar-refractivity contribution in [3.63, 3.8) is 0 Å². The Labute approximate surface area is 160 Å². The maximum absolute atomic E-state index is 12.5. The Hall–Kier alpha value is -2.53. The summed E-state index contributed by atoms with van der Waals surface area (Å²) in [5, 5.41) is 2.95. The average Bonchev–Trinajstić information content (AvgIpc) is 3.20. The maximum atomic E-state index is 12.5. The highest BCUT2D eigenvalue weighted by molar-refractivity contribution is 5.94. The summed E-state index contributed by atoms with van der Waals surface area (Å²) in [6, 6.07) is 11.4. The van der Waals surface area contributed by atoms with Crippen LogP contribution < -0.4 is 14.8 Å². The molecule has 1 saturated heterocycles. The van der Waals surface area contributed by atoms with Crippen molar-refractivity contribution in [2.24, 2.45) is 0 Å². The highest BCUT2D eigenvalue weighted by Gasteiger charge is 2.17. The zero-order chi connectivity index (χ0) is 19.2. The van der Waals surface area contributed by atoms with Crippen LogP contribution in [0.15, 0.2) is 36.4 Å². The topological polar surface area (TPSA) is 56.8 Å². The molecule has 1 atom stereocenters. The van der Waals surface area contributed by atoms with E-state index in [1.165, 1.54) is 11.1 Å². The van der Waals surface area contributed by atoms with Gasteiger partial charge in [-0.15, -0.1) is 0 Å². The SMILES string of the molecule is COc1ccc(C(=O)NC[C@H]2CCCO2)cc1COc1ccc(C)c(C)c1. The minimum absolute atomic E-state index is 0.111. The maximum Gasteiger partial charge on any atom is 0.251 e. The van der Waals surface area contributed by atoms with E-state index in [9.17, 15) is 4.79 Å². The lowest BCUT2D eigenvalue weighted by atomic mass is 10.1. The van der Waals surface area contributed by atoms with Crippen molar-refractivity contribution < 1.29 is 19.0 Å². The van der Waals surface area contributed by atoms with Crippen molar-refractivity contribution in [2.75, 3.05) is 20.3 Å². The lowest BCUT2D eigenvalue weighted by Gasteiger charge is -2.14. The molecule has 5 heteroatoms. The van der Waals surface area contributed by atoms with Gasteiger partial charge in [-0.1, -0.05) is 6.07 Å². The molecule has 0 aliphatic carbocycles. The lowest BCUT2D eigenvalue weighted by molar-refractivity contribution is 0.0857. The fraction of sp³-hybridized carbons (Fsp3) is 0.409. The molecule has 27 heavy (non-hydrogen) atoms. The summed E-state index contributed by atoms with van der Waals surface area (Å²) in [6.07, 6.45) is 2.18. The number of carbonyl (C=O) groups excluding carboxylic acids is 1. The molecule has 144 valence electrons. The molecule has 1 aliphatic rings. The number of aryl methyl sites for hydroxylation is 2. The number of methoxy groups -OCH3 is 1. The van der Waals surface area contributed by atoms with Crippen molar-refractivity contribution in [2.45, 2.75) is 39.4 Å². The van der Waals surface area contributed by atoms with Gasteiger partial charge in [0, 0.05) is 24.3 Å². The Kier molecular flexibility index (Phi) is 6.35. The Morgan fingerprint density at radius 1 is 1.19 bits per heavy atom. The largest absolute Gasteiger partial charge is 0.496 e. The number of benzene rings is 2. The van der Waals surface area contributed by atoms with E-state index in [-0.39, 0.29) is 12.0 Å². The Balaban J connectivity index is 1.66. The van der Waals surface area contributed by atoms with Crippen LogP contribution in [0.25, 0.3) is 0 Å². The monoisotopic (exact) mass is 369 g/mol. The number of amides is 1. The summed E-state index contributed by atoms with van der Waals surface area (Å²) in [5.41, 5.74) is 3.83. The first kappa shape index (κ1) is 19.2. The quantitative estimate of drug-likeness (QED) is 0.807.